The summed E-state index contributed by atoms with van der Waals surface area (Å²) < 4.78 is 13.0. The van der Waals surface area contributed by atoms with Gasteiger partial charge in [0.25, 0.3) is 5.91 Å². The van der Waals surface area contributed by atoms with Crippen molar-refractivity contribution in [3.8, 4) is 0 Å². The zero-order valence-corrected chi connectivity index (χ0v) is 11.1. The Morgan fingerprint density at radius 3 is 2.58 bits per heavy atom. The molecule has 3 N–H and O–H groups in total. The van der Waals surface area contributed by atoms with Crippen molar-refractivity contribution in [2.24, 2.45) is 0 Å². The minimum Gasteiger partial charge on any atom is -0.397 e. The number of halogens is 3. The number of benzene rings is 2. The van der Waals surface area contributed by atoms with Gasteiger partial charge < -0.3 is 11.1 Å². The van der Waals surface area contributed by atoms with Crippen LogP contribution in [0.2, 0.25) is 10.0 Å². The van der Waals surface area contributed by atoms with E-state index in [1.165, 1.54) is 30.3 Å². The highest BCUT2D eigenvalue weighted by Gasteiger charge is 2.11. The smallest absolute Gasteiger partial charge is 0.255 e. The average Bonchev–Trinajstić information content (AvgIpc) is 2.35. The third-order valence-corrected chi connectivity index (χ3v) is 3.22. The number of hydrogen-bond acceptors (Lipinski definition) is 2. The van der Waals surface area contributed by atoms with Crippen LogP contribution in [0.15, 0.2) is 36.4 Å². The first-order valence-electron chi connectivity index (χ1n) is 5.29. The van der Waals surface area contributed by atoms with E-state index in [0.717, 1.165) is 0 Å². The number of nitrogens with two attached hydrogens (primary N) is 1. The van der Waals surface area contributed by atoms with Gasteiger partial charge in [-0.05, 0) is 30.3 Å². The Morgan fingerprint density at radius 1 is 1.21 bits per heavy atom. The summed E-state index contributed by atoms with van der Waals surface area (Å²) in [6.45, 7) is 0. The van der Waals surface area contributed by atoms with E-state index in [9.17, 15) is 9.18 Å². The molecule has 0 bridgehead atoms. The predicted octanol–water partition coefficient (Wildman–Crippen LogP) is 3.97. The Morgan fingerprint density at radius 2 is 1.95 bits per heavy atom. The van der Waals surface area contributed by atoms with Gasteiger partial charge in [0.2, 0.25) is 0 Å². The van der Waals surface area contributed by atoms with Crippen molar-refractivity contribution < 1.29 is 9.18 Å². The molecule has 0 saturated heterocycles. The molecule has 3 nitrogen and oxygen atoms in total. The SMILES string of the molecule is Nc1cc(C(=O)Nc2cccc(F)c2)cc(Cl)c1Cl. The molecule has 6 heteroatoms. The number of anilines is 2. The number of nitrogen functional groups attached to an aromatic ring is 1. The lowest BCUT2D eigenvalue weighted by Crippen LogP contribution is -2.12. The molecule has 0 unspecified atom stereocenters. The van der Waals surface area contributed by atoms with Gasteiger partial charge in [-0.2, -0.15) is 0 Å². The number of hydrogen-bond donors (Lipinski definition) is 2. The molecule has 0 aromatic heterocycles. The van der Waals surface area contributed by atoms with Crippen LogP contribution in [0.1, 0.15) is 10.4 Å². The maximum Gasteiger partial charge on any atom is 0.255 e. The Kier molecular flexibility index (Phi) is 3.93. The summed E-state index contributed by atoms with van der Waals surface area (Å²) >= 11 is 11.6. The van der Waals surface area contributed by atoms with Crippen LogP contribution in [-0.4, -0.2) is 5.91 Å². The Balaban J connectivity index is 2.25. The van der Waals surface area contributed by atoms with Crippen LogP contribution >= 0.6 is 23.2 Å². The largest absolute Gasteiger partial charge is 0.397 e. The van der Waals surface area contributed by atoms with Crippen LogP contribution in [0, 0.1) is 5.82 Å². The molecule has 0 fully saturated rings. The van der Waals surface area contributed by atoms with Gasteiger partial charge in [0, 0.05) is 11.3 Å². The maximum absolute atomic E-state index is 13.0. The molecule has 0 radical (unpaired) electrons. The molecule has 1 amide bonds. The molecule has 0 atom stereocenters. The molecular formula is C13H9Cl2FN2O. The fraction of sp³-hybridized carbons (Fsp3) is 0. The summed E-state index contributed by atoms with van der Waals surface area (Å²) in [4.78, 5) is 12.0. The molecule has 0 heterocycles. The van der Waals surface area contributed by atoms with E-state index in [1.807, 2.05) is 0 Å². The summed E-state index contributed by atoms with van der Waals surface area (Å²) in [6.07, 6.45) is 0. The van der Waals surface area contributed by atoms with Crippen LogP contribution < -0.4 is 11.1 Å². The van der Waals surface area contributed by atoms with Crippen LogP contribution in [0.3, 0.4) is 0 Å². The fourth-order valence-corrected chi connectivity index (χ4v) is 1.85. The lowest BCUT2D eigenvalue weighted by molar-refractivity contribution is 0.102. The zero-order valence-electron chi connectivity index (χ0n) is 9.58. The van der Waals surface area contributed by atoms with E-state index >= 15 is 0 Å². The van der Waals surface area contributed by atoms with E-state index in [1.54, 1.807) is 6.07 Å². The second kappa shape index (κ2) is 5.47. The first kappa shape index (κ1) is 13.6. The maximum atomic E-state index is 13.0. The lowest BCUT2D eigenvalue weighted by atomic mass is 10.2. The van der Waals surface area contributed by atoms with Gasteiger partial charge in [-0.25, -0.2) is 4.39 Å². The van der Waals surface area contributed by atoms with E-state index in [2.05, 4.69) is 5.32 Å². The molecule has 0 aliphatic carbocycles. The number of carbonyl (C=O) groups is 1. The Labute approximate surface area is 119 Å². The predicted molar refractivity (Wildman–Crippen MR) is 75.2 cm³/mol. The quantitative estimate of drug-likeness (QED) is 0.824. The van der Waals surface area contributed by atoms with Crippen molar-refractivity contribution in [1.29, 1.82) is 0 Å². The van der Waals surface area contributed by atoms with Gasteiger partial charge in [-0.3, -0.25) is 4.79 Å². The normalized spacial score (nSPS) is 10.3. The second-order valence-corrected chi connectivity index (χ2v) is 4.61. The molecule has 0 aliphatic rings. The minimum absolute atomic E-state index is 0.186. The standard InChI is InChI=1S/C13H9Cl2FN2O/c14-10-4-7(5-11(17)12(10)15)13(19)18-9-3-1-2-8(16)6-9/h1-6H,17H2,(H,18,19). The van der Waals surface area contributed by atoms with Gasteiger partial charge in [0.1, 0.15) is 5.82 Å². The van der Waals surface area contributed by atoms with Crippen molar-refractivity contribution in [3.05, 3.63) is 57.8 Å². The molecule has 2 aromatic carbocycles. The summed E-state index contributed by atoms with van der Waals surface area (Å²) in [5, 5.41) is 2.92. The van der Waals surface area contributed by atoms with E-state index in [-0.39, 0.29) is 21.3 Å². The first-order valence-corrected chi connectivity index (χ1v) is 6.04. The van der Waals surface area contributed by atoms with Crippen LogP contribution in [0.4, 0.5) is 15.8 Å². The monoisotopic (exact) mass is 298 g/mol. The summed E-state index contributed by atoms with van der Waals surface area (Å²) in [6, 6.07) is 8.36. The van der Waals surface area contributed by atoms with Gasteiger partial charge in [0.05, 0.1) is 15.7 Å². The zero-order chi connectivity index (χ0) is 14.0. The van der Waals surface area contributed by atoms with Crippen molar-refractivity contribution in [2.75, 3.05) is 11.1 Å². The summed E-state index contributed by atoms with van der Waals surface area (Å²) in [5.74, 6) is -0.887. The summed E-state index contributed by atoms with van der Waals surface area (Å²) in [7, 11) is 0. The van der Waals surface area contributed by atoms with Crippen molar-refractivity contribution in [3.63, 3.8) is 0 Å². The number of amides is 1. The van der Waals surface area contributed by atoms with E-state index < -0.39 is 11.7 Å². The first-order chi connectivity index (χ1) is 8.97. The van der Waals surface area contributed by atoms with Gasteiger partial charge >= 0.3 is 0 Å². The number of nitrogens with one attached hydrogen (secondary N) is 1. The van der Waals surface area contributed by atoms with Crippen molar-refractivity contribution >= 4 is 40.5 Å². The molecular weight excluding hydrogens is 290 g/mol. The van der Waals surface area contributed by atoms with Gasteiger partial charge in [0.15, 0.2) is 0 Å². The minimum atomic E-state index is -0.448. The Hall–Kier alpha value is -1.78. The molecule has 0 spiro atoms. The number of carbonyl (C=O) groups excluding carboxylic acids is 1. The second-order valence-electron chi connectivity index (χ2n) is 3.83. The third kappa shape index (κ3) is 3.16. The molecule has 19 heavy (non-hydrogen) atoms. The van der Waals surface area contributed by atoms with Gasteiger partial charge in [-0.1, -0.05) is 29.3 Å². The molecule has 0 aliphatic heterocycles. The van der Waals surface area contributed by atoms with Crippen LogP contribution in [0.25, 0.3) is 0 Å². The van der Waals surface area contributed by atoms with Gasteiger partial charge in [-0.15, -0.1) is 0 Å². The molecule has 98 valence electrons. The third-order valence-electron chi connectivity index (χ3n) is 2.40. The average molecular weight is 299 g/mol. The highest BCUT2D eigenvalue weighted by atomic mass is 35.5. The number of rotatable bonds is 2. The lowest BCUT2D eigenvalue weighted by Gasteiger charge is -2.08. The van der Waals surface area contributed by atoms with Crippen LogP contribution in [0.5, 0.6) is 0 Å². The molecule has 2 rings (SSSR count). The summed E-state index contributed by atoms with van der Waals surface area (Å²) in [5.41, 5.74) is 6.42. The molecule has 2 aromatic rings. The van der Waals surface area contributed by atoms with Crippen molar-refractivity contribution in [1.82, 2.24) is 0 Å². The van der Waals surface area contributed by atoms with E-state index in [4.69, 9.17) is 28.9 Å². The highest BCUT2D eigenvalue weighted by molar-refractivity contribution is 6.44. The highest BCUT2D eigenvalue weighted by Crippen LogP contribution is 2.29. The fourth-order valence-electron chi connectivity index (χ4n) is 1.51. The Bertz CT molecular complexity index is 623. The van der Waals surface area contributed by atoms with Crippen molar-refractivity contribution in [2.45, 2.75) is 0 Å². The van der Waals surface area contributed by atoms with E-state index in [0.29, 0.717) is 5.69 Å². The van der Waals surface area contributed by atoms with Crippen LogP contribution in [-0.2, 0) is 0 Å². The molecule has 0 saturated carbocycles. The topological polar surface area (TPSA) is 55.1 Å².